The lowest BCUT2D eigenvalue weighted by Gasteiger charge is -2.16. The molecule has 0 aliphatic rings. The van der Waals surface area contributed by atoms with Gasteiger partial charge in [-0.15, -0.1) is 0 Å². The lowest BCUT2D eigenvalue weighted by Crippen LogP contribution is -2.31. The minimum Gasteiger partial charge on any atom is -0.478 e. The van der Waals surface area contributed by atoms with Crippen molar-refractivity contribution in [1.29, 1.82) is 0 Å². The second-order valence-corrected chi connectivity index (χ2v) is 3.72. The Kier molecular flexibility index (Phi) is 4.01. The Morgan fingerprint density at radius 1 is 1.47 bits per heavy atom. The number of nitrogens with one attached hydrogen (secondary N) is 1. The molecule has 0 amide bonds. The molecule has 0 aromatic heterocycles. The van der Waals surface area contributed by atoms with E-state index in [0.717, 1.165) is 5.56 Å². The number of halogens is 2. The number of carboxylic acid groups (broad SMARTS) is 1. The molecule has 0 saturated carbocycles. The molecule has 0 bridgehead atoms. The third-order valence-corrected chi connectivity index (χ3v) is 2.17. The Hall–Kier alpha value is -1.69. The van der Waals surface area contributed by atoms with Gasteiger partial charge in [0.25, 0.3) is 5.92 Å². The van der Waals surface area contributed by atoms with E-state index < -0.39 is 25.0 Å². The number of anilines is 1. The Morgan fingerprint density at radius 2 is 2.12 bits per heavy atom. The smallest absolute Gasteiger partial charge is 0.337 e. The fourth-order valence-electron chi connectivity index (χ4n) is 1.27. The van der Waals surface area contributed by atoms with E-state index in [4.69, 9.17) is 10.2 Å². The minimum atomic E-state index is -3.28. The summed E-state index contributed by atoms with van der Waals surface area (Å²) >= 11 is 0. The van der Waals surface area contributed by atoms with Crippen molar-refractivity contribution in [1.82, 2.24) is 0 Å². The number of benzene rings is 1. The first kappa shape index (κ1) is 13.4. The summed E-state index contributed by atoms with van der Waals surface area (Å²) in [5.41, 5.74) is 0.791. The fraction of sp³-hybridized carbons (Fsp3) is 0.364. The number of alkyl halides is 2. The molecule has 6 heteroatoms. The molecule has 94 valence electrons. The van der Waals surface area contributed by atoms with Gasteiger partial charge in [0.1, 0.15) is 6.61 Å². The normalized spacial score (nSPS) is 11.3. The van der Waals surface area contributed by atoms with Crippen molar-refractivity contribution in [2.45, 2.75) is 12.8 Å². The number of aryl methyl sites for hydroxylation is 1. The highest BCUT2D eigenvalue weighted by atomic mass is 19.3. The molecule has 1 aromatic carbocycles. The van der Waals surface area contributed by atoms with Crippen molar-refractivity contribution in [2.24, 2.45) is 0 Å². The van der Waals surface area contributed by atoms with Crippen LogP contribution in [0.5, 0.6) is 0 Å². The molecule has 0 aliphatic heterocycles. The molecule has 0 radical (unpaired) electrons. The Labute approximate surface area is 96.9 Å². The van der Waals surface area contributed by atoms with Gasteiger partial charge < -0.3 is 15.5 Å². The minimum absolute atomic E-state index is 0.0793. The van der Waals surface area contributed by atoms with Gasteiger partial charge in [-0.25, -0.2) is 13.6 Å². The number of aliphatic hydroxyl groups excluding tert-OH is 1. The molecular formula is C11H13F2NO3. The number of carboxylic acids is 1. The summed E-state index contributed by atoms with van der Waals surface area (Å²) in [4.78, 5) is 10.9. The molecule has 1 aromatic rings. The SMILES string of the molecule is Cc1ccc(C(=O)O)c(NCC(F)(F)CO)c1. The van der Waals surface area contributed by atoms with Gasteiger partial charge >= 0.3 is 5.97 Å². The van der Waals surface area contributed by atoms with Crippen LogP contribution in [0.4, 0.5) is 14.5 Å². The first-order chi connectivity index (χ1) is 7.85. The van der Waals surface area contributed by atoms with Crippen LogP contribution >= 0.6 is 0 Å². The van der Waals surface area contributed by atoms with Crippen molar-refractivity contribution in [3.8, 4) is 0 Å². The van der Waals surface area contributed by atoms with E-state index in [1.807, 2.05) is 0 Å². The number of aromatic carboxylic acids is 1. The van der Waals surface area contributed by atoms with Crippen LogP contribution in [-0.2, 0) is 0 Å². The van der Waals surface area contributed by atoms with Gasteiger partial charge in [-0.2, -0.15) is 0 Å². The number of hydrogen-bond donors (Lipinski definition) is 3. The summed E-state index contributed by atoms with van der Waals surface area (Å²) in [5, 5.41) is 19.6. The lowest BCUT2D eigenvalue weighted by molar-refractivity contribution is -0.0373. The van der Waals surface area contributed by atoms with Gasteiger partial charge in [0.15, 0.2) is 0 Å². The summed E-state index contributed by atoms with van der Waals surface area (Å²) in [6, 6.07) is 4.40. The molecule has 1 rings (SSSR count). The third kappa shape index (κ3) is 3.67. The summed E-state index contributed by atoms with van der Waals surface area (Å²) < 4.78 is 25.6. The van der Waals surface area contributed by atoms with Crippen LogP contribution in [0.2, 0.25) is 0 Å². The van der Waals surface area contributed by atoms with Gasteiger partial charge in [-0.05, 0) is 24.6 Å². The average molecular weight is 245 g/mol. The van der Waals surface area contributed by atoms with Crippen LogP contribution in [-0.4, -0.2) is 35.3 Å². The van der Waals surface area contributed by atoms with E-state index in [1.165, 1.54) is 12.1 Å². The van der Waals surface area contributed by atoms with Gasteiger partial charge in [-0.3, -0.25) is 0 Å². The van der Waals surface area contributed by atoms with Crippen LogP contribution in [0, 0.1) is 6.92 Å². The number of hydrogen-bond acceptors (Lipinski definition) is 3. The van der Waals surface area contributed by atoms with Gasteiger partial charge in [0.2, 0.25) is 0 Å². The van der Waals surface area contributed by atoms with Crippen molar-refractivity contribution in [2.75, 3.05) is 18.5 Å². The standard InChI is InChI=1S/C11H13F2NO3/c1-7-2-3-8(10(16)17)9(4-7)14-5-11(12,13)6-15/h2-4,14-15H,5-6H2,1H3,(H,16,17). The van der Waals surface area contributed by atoms with Crippen molar-refractivity contribution >= 4 is 11.7 Å². The lowest BCUT2D eigenvalue weighted by atomic mass is 10.1. The van der Waals surface area contributed by atoms with Crippen LogP contribution in [0.3, 0.4) is 0 Å². The largest absolute Gasteiger partial charge is 0.478 e. The first-order valence-corrected chi connectivity index (χ1v) is 4.92. The van der Waals surface area contributed by atoms with E-state index in [9.17, 15) is 13.6 Å². The summed E-state index contributed by atoms with van der Waals surface area (Å²) in [7, 11) is 0. The average Bonchev–Trinajstić information content (AvgIpc) is 2.26. The predicted molar refractivity (Wildman–Crippen MR) is 58.7 cm³/mol. The zero-order valence-corrected chi connectivity index (χ0v) is 9.20. The molecule has 3 N–H and O–H groups in total. The molecular weight excluding hydrogens is 232 g/mol. The molecule has 0 unspecified atom stereocenters. The number of aliphatic hydroxyl groups is 1. The number of carbonyl (C=O) groups is 1. The summed E-state index contributed by atoms with van der Waals surface area (Å²) in [6.07, 6.45) is 0. The van der Waals surface area contributed by atoms with Crippen LogP contribution < -0.4 is 5.32 Å². The molecule has 0 fully saturated rings. The maximum absolute atomic E-state index is 12.8. The molecule has 0 atom stereocenters. The topological polar surface area (TPSA) is 69.6 Å². The Morgan fingerprint density at radius 3 is 2.65 bits per heavy atom. The third-order valence-electron chi connectivity index (χ3n) is 2.17. The van der Waals surface area contributed by atoms with E-state index in [0.29, 0.717) is 0 Å². The van der Waals surface area contributed by atoms with Gasteiger partial charge in [0, 0.05) is 5.69 Å². The number of rotatable bonds is 5. The van der Waals surface area contributed by atoms with Gasteiger partial charge in [-0.1, -0.05) is 6.07 Å². The van der Waals surface area contributed by atoms with Crippen molar-refractivity contribution in [3.63, 3.8) is 0 Å². The fourth-order valence-corrected chi connectivity index (χ4v) is 1.27. The van der Waals surface area contributed by atoms with E-state index in [-0.39, 0.29) is 11.3 Å². The highest BCUT2D eigenvalue weighted by Gasteiger charge is 2.27. The molecule has 17 heavy (non-hydrogen) atoms. The molecule has 0 heterocycles. The van der Waals surface area contributed by atoms with E-state index in [2.05, 4.69) is 5.32 Å². The van der Waals surface area contributed by atoms with Gasteiger partial charge in [0.05, 0.1) is 12.1 Å². The monoisotopic (exact) mass is 245 g/mol. The van der Waals surface area contributed by atoms with Crippen LogP contribution in [0.1, 0.15) is 15.9 Å². The second-order valence-electron chi connectivity index (χ2n) is 3.72. The van der Waals surface area contributed by atoms with E-state index >= 15 is 0 Å². The highest BCUT2D eigenvalue weighted by Crippen LogP contribution is 2.20. The van der Waals surface area contributed by atoms with Crippen LogP contribution in [0.15, 0.2) is 18.2 Å². The van der Waals surface area contributed by atoms with Crippen LogP contribution in [0.25, 0.3) is 0 Å². The summed E-state index contributed by atoms with van der Waals surface area (Å²) in [6.45, 7) is -0.373. The molecule has 0 aliphatic carbocycles. The Bertz CT molecular complexity index is 421. The highest BCUT2D eigenvalue weighted by molar-refractivity contribution is 5.94. The molecule has 0 saturated heterocycles. The summed E-state index contributed by atoms with van der Waals surface area (Å²) in [5.74, 6) is -4.47. The quantitative estimate of drug-likeness (QED) is 0.739. The molecule has 4 nitrogen and oxygen atoms in total. The van der Waals surface area contributed by atoms with Crippen molar-refractivity contribution in [3.05, 3.63) is 29.3 Å². The zero-order chi connectivity index (χ0) is 13.1. The van der Waals surface area contributed by atoms with Crippen molar-refractivity contribution < 1.29 is 23.8 Å². The second kappa shape index (κ2) is 5.09. The first-order valence-electron chi connectivity index (χ1n) is 4.92. The molecule has 0 spiro atoms. The Balaban J connectivity index is 2.89. The zero-order valence-electron chi connectivity index (χ0n) is 9.20. The van der Waals surface area contributed by atoms with E-state index in [1.54, 1.807) is 13.0 Å². The maximum atomic E-state index is 12.8. The predicted octanol–water partition coefficient (Wildman–Crippen LogP) is 1.73. The maximum Gasteiger partial charge on any atom is 0.337 e.